The van der Waals surface area contributed by atoms with Crippen molar-refractivity contribution in [2.24, 2.45) is 5.92 Å². The quantitative estimate of drug-likeness (QED) is 0.891. The first-order chi connectivity index (χ1) is 11.8. The van der Waals surface area contributed by atoms with Crippen LogP contribution in [0.15, 0.2) is 36.5 Å². The van der Waals surface area contributed by atoms with E-state index in [0.29, 0.717) is 18.1 Å². The van der Waals surface area contributed by atoms with Crippen LogP contribution in [0.5, 0.6) is 5.75 Å². The highest BCUT2D eigenvalue weighted by Crippen LogP contribution is 2.52. The molecule has 0 radical (unpaired) electrons. The SMILES string of the molecule is O=C(N[C@H]1COc2ccccc2C1)c1cnc2c(c1)[C@@H]1C[C@@H]1CN2. The van der Waals surface area contributed by atoms with Crippen LogP contribution in [0.2, 0.25) is 0 Å². The number of amides is 1. The summed E-state index contributed by atoms with van der Waals surface area (Å²) in [6.07, 6.45) is 3.67. The number of benzene rings is 1. The Balaban J connectivity index is 1.32. The van der Waals surface area contributed by atoms with E-state index in [4.69, 9.17) is 4.74 Å². The molecule has 1 fully saturated rings. The fourth-order valence-electron chi connectivity index (χ4n) is 3.81. The van der Waals surface area contributed by atoms with Crippen molar-refractivity contribution >= 4 is 11.7 Å². The van der Waals surface area contributed by atoms with Crippen LogP contribution in [0.3, 0.4) is 0 Å². The van der Waals surface area contributed by atoms with Crippen LogP contribution in [0.1, 0.15) is 33.8 Å². The van der Waals surface area contributed by atoms with Gasteiger partial charge >= 0.3 is 0 Å². The van der Waals surface area contributed by atoms with Gasteiger partial charge in [0, 0.05) is 12.7 Å². The minimum atomic E-state index is -0.0685. The zero-order valence-electron chi connectivity index (χ0n) is 13.3. The fourth-order valence-corrected chi connectivity index (χ4v) is 3.81. The van der Waals surface area contributed by atoms with E-state index in [9.17, 15) is 4.79 Å². The van der Waals surface area contributed by atoms with Crippen LogP contribution in [0.25, 0.3) is 0 Å². The molecule has 24 heavy (non-hydrogen) atoms. The smallest absolute Gasteiger partial charge is 0.253 e. The van der Waals surface area contributed by atoms with Crippen molar-refractivity contribution in [2.45, 2.75) is 24.8 Å². The van der Waals surface area contributed by atoms with Crippen LogP contribution in [0.4, 0.5) is 5.82 Å². The molecule has 1 aromatic heterocycles. The van der Waals surface area contributed by atoms with Crippen molar-refractivity contribution in [3.05, 3.63) is 53.2 Å². The van der Waals surface area contributed by atoms with Gasteiger partial charge in [0.25, 0.3) is 5.91 Å². The maximum atomic E-state index is 12.6. The number of nitrogens with one attached hydrogen (secondary N) is 2. The molecule has 2 N–H and O–H groups in total. The van der Waals surface area contributed by atoms with E-state index in [1.54, 1.807) is 6.20 Å². The summed E-state index contributed by atoms with van der Waals surface area (Å²) < 4.78 is 5.75. The van der Waals surface area contributed by atoms with E-state index in [1.807, 2.05) is 30.3 Å². The number of para-hydroxylation sites is 1. The number of rotatable bonds is 2. The van der Waals surface area contributed by atoms with Gasteiger partial charge < -0.3 is 15.4 Å². The number of carbonyl (C=O) groups is 1. The summed E-state index contributed by atoms with van der Waals surface area (Å²) in [6.45, 7) is 1.52. The van der Waals surface area contributed by atoms with Crippen molar-refractivity contribution in [3.8, 4) is 5.75 Å². The molecule has 0 unspecified atom stereocenters. The second kappa shape index (κ2) is 5.23. The Morgan fingerprint density at radius 3 is 3.21 bits per heavy atom. The zero-order chi connectivity index (χ0) is 16.1. The number of hydrogen-bond donors (Lipinski definition) is 2. The fraction of sp³-hybridized carbons (Fsp3) is 0.368. The molecule has 3 aliphatic rings. The maximum absolute atomic E-state index is 12.6. The molecule has 0 bridgehead atoms. The molecule has 122 valence electrons. The number of hydrogen-bond acceptors (Lipinski definition) is 4. The Kier molecular flexibility index (Phi) is 3.01. The number of pyridine rings is 1. The first kappa shape index (κ1) is 13.8. The summed E-state index contributed by atoms with van der Waals surface area (Å²) in [7, 11) is 0. The standard InChI is InChI=1S/C19H19N3O2/c23-19(22-14-5-11-3-1-2-4-17(11)24-10-14)13-7-16-15-6-12(15)8-20-18(16)21-9-13/h1-4,7,9,12,14-15H,5-6,8,10H2,(H,20,21)(H,22,23)/t12-,14-,15-/m1/s1. The monoisotopic (exact) mass is 321 g/mol. The average Bonchev–Trinajstić information content (AvgIpc) is 3.41. The van der Waals surface area contributed by atoms with Crippen molar-refractivity contribution in [2.75, 3.05) is 18.5 Å². The highest BCUT2D eigenvalue weighted by molar-refractivity contribution is 5.94. The Labute approximate surface area is 140 Å². The third-order valence-electron chi connectivity index (χ3n) is 5.25. The number of anilines is 1. The molecular formula is C19H19N3O2. The molecule has 2 aliphatic heterocycles. The van der Waals surface area contributed by atoms with Crippen molar-refractivity contribution in [3.63, 3.8) is 0 Å². The third kappa shape index (κ3) is 2.31. The first-order valence-corrected chi connectivity index (χ1v) is 8.53. The van der Waals surface area contributed by atoms with Crippen molar-refractivity contribution in [1.82, 2.24) is 10.3 Å². The van der Waals surface area contributed by atoms with Crippen LogP contribution in [-0.2, 0) is 6.42 Å². The van der Waals surface area contributed by atoms with Crippen LogP contribution in [-0.4, -0.2) is 30.1 Å². The highest BCUT2D eigenvalue weighted by atomic mass is 16.5. The van der Waals surface area contributed by atoms with Gasteiger partial charge in [-0.3, -0.25) is 4.79 Å². The summed E-state index contributed by atoms with van der Waals surface area (Å²) in [5, 5.41) is 6.44. The van der Waals surface area contributed by atoms with Crippen molar-refractivity contribution < 1.29 is 9.53 Å². The lowest BCUT2D eigenvalue weighted by atomic mass is 10.0. The van der Waals surface area contributed by atoms with Gasteiger partial charge in [-0.25, -0.2) is 4.98 Å². The number of carbonyl (C=O) groups excluding carboxylic acids is 1. The summed E-state index contributed by atoms with van der Waals surface area (Å²) >= 11 is 0. The molecule has 3 atom stereocenters. The van der Waals surface area contributed by atoms with Gasteiger partial charge in [0.2, 0.25) is 0 Å². The van der Waals surface area contributed by atoms with E-state index in [0.717, 1.165) is 36.0 Å². The van der Waals surface area contributed by atoms with Crippen molar-refractivity contribution in [1.29, 1.82) is 0 Å². The van der Waals surface area contributed by atoms with Crippen LogP contribution < -0.4 is 15.4 Å². The number of aromatic nitrogens is 1. The van der Waals surface area contributed by atoms with Gasteiger partial charge in [-0.1, -0.05) is 18.2 Å². The maximum Gasteiger partial charge on any atom is 0.253 e. The molecule has 5 rings (SSSR count). The van der Waals surface area contributed by atoms with Gasteiger partial charge in [-0.05, 0) is 47.9 Å². The Bertz CT molecular complexity index is 820. The molecule has 2 aromatic rings. The molecule has 1 aromatic carbocycles. The molecular weight excluding hydrogens is 302 g/mol. The Morgan fingerprint density at radius 2 is 2.25 bits per heavy atom. The lowest BCUT2D eigenvalue weighted by Crippen LogP contribution is -2.42. The van der Waals surface area contributed by atoms with Gasteiger partial charge in [0.05, 0.1) is 11.6 Å². The second-order valence-corrected chi connectivity index (χ2v) is 6.94. The van der Waals surface area contributed by atoms with E-state index < -0.39 is 0 Å². The predicted octanol–water partition coefficient (Wildman–Crippen LogP) is 2.34. The zero-order valence-corrected chi connectivity index (χ0v) is 13.3. The van der Waals surface area contributed by atoms with E-state index >= 15 is 0 Å². The number of nitrogens with zero attached hydrogens (tertiary/aromatic N) is 1. The second-order valence-electron chi connectivity index (χ2n) is 6.94. The Morgan fingerprint density at radius 1 is 1.33 bits per heavy atom. The average molecular weight is 321 g/mol. The molecule has 1 aliphatic carbocycles. The number of fused-ring (bicyclic) bond motifs is 4. The highest BCUT2D eigenvalue weighted by Gasteiger charge is 2.43. The molecule has 5 nitrogen and oxygen atoms in total. The van der Waals surface area contributed by atoms with Crippen LogP contribution >= 0.6 is 0 Å². The third-order valence-corrected chi connectivity index (χ3v) is 5.25. The summed E-state index contributed by atoms with van der Waals surface area (Å²) in [5.41, 5.74) is 2.98. The molecule has 0 spiro atoms. The summed E-state index contributed by atoms with van der Waals surface area (Å²) in [5.74, 6) is 3.11. The molecule has 1 amide bonds. The number of ether oxygens (including phenoxy) is 1. The minimum Gasteiger partial charge on any atom is -0.491 e. The van der Waals surface area contributed by atoms with Gasteiger partial charge in [0.15, 0.2) is 0 Å². The van der Waals surface area contributed by atoms with Gasteiger partial charge in [-0.15, -0.1) is 0 Å². The van der Waals surface area contributed by atoms with E-state index in [-0.39, 0.29) is 11.9 Å². The van der Waals surface area contributed by atoms with E-state index in [2.05, 4.69) is 15.6 Å². The largest absolute Gasteiger partial charge is 0.491 e. The molecule has 1 saturated carbocycles. The summed E-state index contributed by atoms with van der Waals surface area (Å²) in [4.78, 5) is 17.0. The normalized spacial score (nSPS) is 26.1. The van der Waals surface area contributed by atoms with Gasteiger partial charge in [-0.2, -0.15) is 0 Å². The lowest BCUT2D eigenvalue weighted by Gasteiger charge is -2.26. The van der Waals surface area contributed by atoms with Gasteiger partial charge in [0.1, 0.15) is 18.2 Å². The van der Waals surface area contributed by atoms with Crippen LogP contribution in [0, 0.1) is 5.92 Å². The molecule has 0 saturated heterocycles. The first-order valence-electron chi connectivity index (χ1n) is 8.53. The summed E-state index contributed by atoms with van der Waals surface area (Å²) in [6, 6.07) is 9.99. The topological polar surface area (TPSA) is 63.2 Å². The predicted molar refractivity (Wildman–Crippen MR) is 90.5 cm³/mol. The minimum absolute atomic E-state index is 0.00442. The lowest BCUT2D eigenvalue weighted by molar-refractivity contribution is 0.0915. The molecule has 3 heterocycles. The molecule has 5 heteroatoms. The van der Waals surface area contributed by atoms with E-state index in [1.165, 1.54) is 12.0 Å². The Hall–Kier alpha value is -2.56.